The van der Waals surface area contributed by atoms with Crippen molar-refractivity contribution in [1.29, 1.82) is 0 Å². The van der Waals surface area contributed by atoms with Gasteiger partial charge in [-0.3, -0.25) is 9.69 Å². The molecule has 138 valence electrons. The summed E-state index contributed by atoms with van der Waals surface area (Å²) in [6.07, 6.45) is 2.36. The molecule has 2 atom stereocenters. The second-order valence-electron chi connectivity index (χ2n) is 8.05. The largest absolute Gasteiger partial charge is 0.451 e. The van der Waals surface area contributed by atoms with E-state index < -0.39 is 0 Å². The van der Waals surface area contributed by atoms with Crippen molar-refractivity contribution in [3.05, 3.63) is 47.7 Å². The van der Waals surface area contributed by atoms with Crippen molar-refractivity contribution in [3.8, 4) is 11.3 Å². The van der Waals surface area contributed by atoms with Crippen LogP contribution in [0.15, 0.2) is 40.8 Å². The van der Waals surface area contributed by atoms with E-state index in [1.807, 2.05) is 6.07 Å². The molecule has 1 amide bonds. The van der Waals surface area contributed by atoms with Crippen molar-refractivity contribution in [2.24, 2.45) is 5.92 Å². The first-order chi connectivity index (χ1) is 12.5. The van der Waals surface area contributed by atoms with Crippen LogP contribution >= 0.6 is 0 Å². The summed E-state index contributed by atoms with van der Waals surface area (Å²) in [5.74, 6) is 2.15. The van der Waals surface area contributed by atoms with Gasteiger partial charge in [0.05, 0.1) is 0 Å². The fraction of sp³-hybridized carbons (Fsp3) is 0.500. The fourth-order valence-electron chi connectivity index (χ4n) is 4.42. The average molecular weight is 352 g/mol. The summed E-state index contributed by atoms with van der Waals surface area (Å²) >= 11 is 0. The molecule has 2 unspecified atom stereocenters. The van der Waals surface area contributed by atoms with E-state index in [9.17, 15) is 4.79 Å². The fourth-order valence-corrected chi connectivity index (χ4v) is 4.42. The quantitative estimate of drug-likeness (QED) is 0.893. The molecule has 2 bridgehead atoms. The maximum Gasteiger partial charge on any atom is 0.287 e. The standard InChI is InChI=1S/C22H28N2O2/c1-14(2)16-4-6-17(7-5-16)19-8-9-20(26-19)22(25)23-21-15(3)24-12-10-18(21)11-13-24/h4-9,14-15,18,21H,10-13H2,1-3H3,(H,23,25). The number of nitrogens with one attached hydrogen (secondary N) is 1. The summed E-state index contributed by atoms with van der Waals surface area (Å²) in [6, 6.07) is 12.7. The van der Waals surface area contributed by atoms with Crippen LogP contribution in [0.5, 0.6) is 0 Å². The Morgan fingerprint density at radius 2 is 1.81 bits per heavy atom. The van der Waals surface area contributed by atoms with Gasteiger partial charge in [-0.05, 0) is 62.4 Å². The van der Waals surface area contributed by atoms with E-state index in [2.05, 4.69) is 55.3 Å². The molecule has 26 heavy (non-hydrogen) atoms. The number of fused-ring (bicyclic) bond motifs is 3. The molecule has 3 fully saturated rings. The summed E-state index contributed by atoms with van der Waals surface area (Å²) in [5, 5.41) is 3.23. The SMILES string of the molecule is CC(C)c1ccc(-c2ccc(C(=O)NC3C4CCN(CC4)C3C)o2)cc1. The molecule has 1 aromatic heterocycles. The van der Waals surface area contributed by atoms with Crippen LogP contribution in [0.25, 0.3) is 11.3 Å². The van der Waals surface area contributed by atoms with E-state index >= 15 is 0 Å². The highest BCUT2D eigenvalue weighted by Crippen LogP contribution is 2.32. The topological polar surface area (TPSA) is 45.5 Å². The molecule has 0 saturated carbocycles. The number of amides is 1. The monoisotopic (exact) mass is 352 g/mol. The molecule has 3 saturated heterocycles. The van der Waals surface area contributed by atoms with Crippen LogP contribution in [0.2, 0.25) is 0 Å². The first-order valence-corrected chi connectivity index (χ1v) is 9.78. The first-order valence-electron chi connectivity index (χ1n) is 9.78. The van der Waals surface area contributed by atoms with Gasteiger partial charge in [0.25, 0.3) is 5.91 Å². The Morgan fingerprint density at radius 1 is 1.12 bits per heavy atom. The molecule has 4 heterocycles. The van der Waals surface area contributed by atoms with Crippen molar-refractivity contribution in [2.45, 2.75) is 51.6 Å². The molecule has 3 aliphatic heterocycles. The van der Waals surface area contributed by atoms with Crippen LogP contribution in [0.4, 0.5) is 0 Å². The van der Waals surface area contributed by atoms with E-state index in [0.29, 0.717) is 23.6 Å². The summed E-state index contributed by atoms with van der Waals surface area (Å²) < 4.78 is 5.86. The van der Waals surface area contributed by atoms with Gasteiger partial charge in [0.15, 0.2) is 5.76 Å². The molecule has 0 aliphatic carbocycles. The van der Waals surface area contributed by atoms with Crippen molar-refractivity contribution in [2.75, 3.05) is 13.1 Å². The predicted molar refractivity (Wildman–Crippen MR) is 103 cm³/mol. The van der Waals surface area contributed by atoms with E-state index in [4.69, 9.17) is 4.42 Å². The van der Waals surface area contributed by atoms with Gasteiger partial charge in [-0.1, -0.05) is 38.1 Å². The maximum absolute atomic E-state index is 12.7. The van der Waals surface area contributed by atoms with E-state index in [1.165, 1.54) is 18.4 Å². The van der Waals surface area contributed by atoms with Crippen LogP contribution in [0.1, 0.15) is 55.6 Å². The summed E-state index contributed by atoms with van der Waals surface area (Å²) in [5.41, 5.74) is 2.30. The van der Waals surface area contributed by atoms with Crippen LogP contribution in [-0.2, 0) is 0 Å². The van der Waals surface area contributed by atoms with Crippen molar-refractivity contribution in [1.82, 2.24) is 10.2 Å². The average Bonchev–Trinajstić information content (AvgIpc) is 3.15. The first kappa shape index (κ1) is 17.3. The van der Waals surface area contributed by atoms with Crippen molar-refractivity contribution in [3.63, 3.8) is 0 Å². The zero-order valence-electron chi connectivity index (χ0n) is 15.9. The summed E-state index contributed by atoms with van der Waals surface area (Å²) in [4.78, 5) is 15.2. The third-order valence-electron chi connectivity index (χ3n) is 6.17. The number of nitrogens with zero attached hydrogens (tertiary/aromatic N) is 1. The second kappa shape index (κ2) is 6.92. The van der Waals surface area contributed by atoms with Gasteiger partial charge in [-0.25, -0.2) is 0 Å². The molecule has 4 heteroatoms. The van der Waals surface area contributed by atoms with Gasteiger partial charge in [-0.15, -0.1) is 0 Å². The zero-order chi connectivity index (χ0) is 18.3. The smallest absolute Gasteiger partial charge is 0.287 e. The molecule has 2 aromatic rings. The lowest BCUT2D eigenvalue weighted by molar-refractivity contribution is 0.0211. The maximum atomic E-state index is 12.7. The molecule has 0 spiro atoms. The van der Waals surface area contributed by atoms with Gasteiger partial charge in [0.2, 0.25) is 0 Å². The number of hydrogen-bond acceptors (Lipinski definition) is 3. The Morgan fingerprint density at radius 3 is 2.42 bits per heavy atom. The highest BCUT2D eigenvalue weighted by atomic mass is 16.3. The third kappa shape index (κ3) is 3.18. The van der Waals surface area contributed by atoms with E-state index in [0.717, 1.165) is 24.4 Å². The molecule has 5 rings (SSSR count). The molecule has 4 nitrogen and oxygen atoms in total. The third-order valence-corrected chi connectivity index (χ3v) is 6.17. The molecule has 0 radical (unpaired) electrons. The number of carbonyl (C=O) groups excluding carboxylic acids is 1. The number of rotatable bonds is 4. The number of benzene rings is 1. The van der Waals surface area contributed by atoms with E-state index in [-0.39, 0.29) is 11.9 Å². The lowest BCUT2D eigenvalue weighted by Crippen LogP contribution is -2.62. The van der Waals surface area contributed by atoms with Crippen molar-refractivity contribution < 1.29 is 9.21 Å². The summed E-state index contributed by atoms with van der Waals surface area (Å²) in [6.45, 7) is 8.91. The second-order valence-corrected chi connectivity index (χ2v) is 8.05. The molecule has 1 N–H and O–H groups in total. The number of furan rings is 1. The van der Waals surface area contributed by atoms with Gasteiger partial charge in [0, 0.05) is 17.6 Å². The normalized spacial score (nSPS) is 27.7. The van der Waals surface area contributed by atoms with Crippen LogP contribution in [-0.4, -0.2) is 36.0 Å². The van der Waals surface area contributed by atoms with Gasteiger partial charge in [-0.2, -0.15) is 0 Å². The van der Waals surface area contributed by atoms with Gasteiger partial charge < -0.3 is 9.73 Å². The van der Waals surface area contributed by atoms with E-state index in [1.54, 1.807) is 6.07 Å². The van der Waals surface area contributed by atoms with Crippen LogP contribution in [0.3, 0.4) is 0 Å². The Hall–Kier alpha value is -2.07. The highest BCUT2D eigenvalue weighted by Gasteiger charge is 2.40. The molecular weight excluding hydrogens is 324 g/mol. The Balaban J connectivity index is 1.46. The van der Waals surface area contributed by atoms with Crippen molar-refractivity contribution >= 4 is 5.91 Å². The minimum Gasteiger partial charge on any atom is -0.451 e. The Bertz CT molecular complexity index is 768. The lowest BCUT2D eigenvalue weighted by atomic mass is 9.79. The number of carbonyl (C=O) groups is 1. The Labute approximate surface area is 155 Å². The molecule has 1 aromatic carbocycles. The highest BCUT2D eigenvalue weighted by molar-refractivity contribution is 5.92. The Kier molecular flexibility index (Phi) is 4.62. The van der Waals surface area contributed by atoms with Gasteiger partial charge in [0.1, 0.15) is 5.76 Å². The molecular formula is C22H28N2O2. The predicted octanol–water partition coefficient (Wildman–Crippen LogP) is 4.28. The minimum atomic E-state index is -0.0966. The number of piperidine rings is 3. The van der Waals surface area contributed by atoms with Gasteiger partial charge >= 0.3 is 0 Å². The zero-order valence-corrected chi connectivity index (χ0v) is 15.9. The van der Waals surface area contributed by atoms with Crippen LogP contribution in [0, 0.1) is 5.92 Å². The molecule has 3 aliphatic rings. The van der Waals surface area contributed by atoms with Crippen LogP contribution < -0.4 is 5.32 Å². The minimum absolute atomic E-state index is 0.0966. The lowest BCUT2D eigenvalue weighted by Gasteiger charge is -2.49. The summed E-state index contributed by atoms with van der Waals surface area (Å²) in [7, 11) is 0. The number of hydrogen-bond donors (Lipinski definition) is 1.